The second-order valence-corrected chi connectivity index (χ2v) is 1.47. The van der Waals surface area contributed by atoms with Crippen LogP contribution < -0.4 is 0 Å². The molecule has 0 aliphatic rings. The summed E-state index contributed by atoms with van der Waals surface area (Å²) in [6.07, 6.45) is 0. The first kappa shape index (κ1) is 7.36. The van der Waals surface area contributed by atoms with Crippen LogP contribution in [0.2, 0.25) is 0 Å². The molecule has 0 bridgehead atoms. The molecule has 6 heteroatoms. The van der Waals surface area contributed by atoms with E-state index < -0.39 is 15.9 Å². The fourth-order valence-electron chi connectivity index (χ4n) is 0.0902. The van der Waals surface area contributed by atoms with Crippen molar-refractivity contribution < 1.29 is 30.3 Å². The van der Waals surface area contributed by atoms with Crippen molar-refractivity contribution in [2.45, 2.75) is 5.01 Å². The number of rotatable bonds is 2. The average Bonchev–Trinajstić information content (AvgIpc) is 1.64. The Kier molecular flexibility index (Phi) is 2.41. The summed E-state index contributed by atoms with van der Waals surface area (Å²) in [4.78, 5) is 18.1. The number of carboxylic acid groups (broad SMARTS) is 1. The molecule has 0 saturated carbocycles. The standard InChI is InChI=1S/C2H2NO4.Ni/c4-2(5)1-3(6)7;/h1H,(H,4,5);. The summed E-state index contributed by atoms with van der Waals surface area (Å²) in [7, 11) is 0. The topological polar surface area (TPSA) is 80.4 Å². The second kappa shape index (κ2) is 2.62. The Bertz CT molecular complexity index is 109. The number of carboxylic acids is 1. The van der Waals surface area contributed by atoms with E-state index in [0.717, 1.165) is 0 Å². The number of carbonyl (C=O) groups is 1. The first-order valence-electron chi connectivity index (χ1n) is 1.52. The normalized spacial score (nSPS) is 12.8. The van der Waals surface area contributed by atoms with Gasteiger partial charge in [0.2, 0.25) is 0 Å². The number of nitrogens with zero attached hydrogens (tertiary/aromatic N) is 1. The van der Waals surface area contributed by atoms with Crippen LogP contribution in [0.3, 0.4) is 0 Å². The van der Waals surface area contributed by atoms with Gasteiger partial charge in [-0.25, -0.2) is 0 Å². The van der Waals surface area contributed by atoms with Crippen LogP contribution >= 0.6 is 0 Å². The van der Waals surface area contributed by atoms with E-state index in [0.29, 0.717) is 0 Å². The molecule has 1 atom stereocenters. The third-order valence-corrected chi connectivity index (χ3v) is 0.813. The predicted molar refractivity (Wildman–Crippen MR) is 18.4 cm³/mol. The molecule has 0 aromatic rings. The summed E-state index contributed by atoms with van der Waals surface area (Å²) in [5.41, 5.74) is 0. The second-order valence-electron chi connectivity index (χ2n) is 0.926. The molecular formula is C2H2NNiO4. The van der Waals surface area contributed by atoms with E-state index in [1.807, 2.05) is 0 Å². The molecule has 0 aromatic heterocycles. The van der Waals surface area contributed by atoms with E-state index in [1.54, 1.807) is 0 Å². The van der Waals surface area contributed by atoms with Crippen molar-refractivity contribution in [3.63, 3.8) is 0 Å². The number of hydrogen-bond donors (Lipinski definition) is 1. The molecule has 0 aliphatic heterocycles. The fourth-order valence-corrected chi connectivity index (χ4v) is 0.0902. The van der Waals surface area contributed by atoms with Crippen LogP contribution in [0, 0.1) is 10.1 Å². The zero-order chi connectivity index (χ0) is 6.73. The minimum atomic E-state index is -1.87. The van der Waals surface area contributed by atoms with Gasteiger partial charge >= 0.3 is 51.4 Å². The molecule has 0 heterocycles. The third-order valence-electron chi connectivity index (χ3n) is 0.361. The molecule has 8 heavy (non-hydrogen) atoms. The van der Waals surface area contributed by atoms with E-state index in [9.17, 15) is 14.9 Å². The quantitative estimate of drug-likeness (QED) is 0.328. The van der Waals surface area contributed by atoms with Crippen LogP contribution in [0.4, 0.5) is 0 Å². The zero-order valence-electron chi connectivity index (χ0n) is 3.51. The fraction of sp³-hybridized carbons (Fsp3) is 0.500. The number of hydrogen-bond acceptors (Lipinski definition) is 3. The molecule has 0 aromatic carbocycles. The van der Waals surface area contributed by atoms with E-state index in [2.05, 4.69) is 15.5 Å². The summed E-state index contributed by atoms with van der Waals surface area (Å²) in [6, 6.07) is 0. The van der Waals surface area contributed by atoms with Crippen LogP contribution in [-0.4, -0.2) is 21.0 Å². The third kappa shape index (κ3) is 1.88. The molecule has 1 N–H and O–H groups in total. The Hall–Kier alpha value is -0.636. The summed E-state index contributed by atoms with van der Waals surface area (Å²) in [5, 5.41) is 15.4. The Morgan fingerprint density at radius 3 is 2.25 bits per heavy atom. The zero-order valence-corrected chi connectivity index (χ0v) is 4.50. The molecule has 49 valence electrons. The molecule has 0 spiro atoms. The minimum absolute atomic E-state index is 1.03. The van der Waals surface area contributed by atoms with Crippen molar-refractivity contribution in [3.8, 4) is 0 Å². The van der Waals surface area contributed by atoms with Gasteiger partial charge in [0.25, 0.3) is 0 Å². The van der Waals surface area contributed by atoms with Gasteiger partial charge in [-0.05, 0) is 0 Å². The molecule has 0 saturated heterocycles. The molecule has 0 aliphatic carbocycles. The van der Waals surface area contributed by atoms with Gasteiger partial charge in [-0.3, -0.25) is 0 Å². The van der Waals surface area contributed by atoms with Crippen molar-refractivity contribution in [2.24, 2.45) is 0 Å². The van der Waals surface area contributed by atoms with E-state index in [-0.39, 0.29) is 0 Å². The van der Waals surface area contributed by atoms with Crippen LogP contribution in [0.25, 0.3) is 0 Å². The van der Waals surface area contributed by atoms with Gasteiger partial charge in [0.1, 0.15) is 0 Å². The van der Waals surface area contributed by atoms with Gasteiger partial charge in [-0.1, -0.05) is 0 Å². The molecule has 0 fully saturated rings. The van der Waals surface area contributed by atoms with E-state index in [4.69, 9.17) is 5.11 Å². The molecule has 1 unspecified atom stereocenters. The Balaban J connectivity index is 3.83. The maximum absolute atomic E-state index is 9.61. The summed E-state index contributed by atoms with van der Waals surface area (Å²) in [5.74, 6) is -1.57. The first-order valence-corrected chi connectivity index (χ1v) is 2.09. The molecular weight excluding hydrogens is 161 g/mol. The van der Waals surface area contributed by atoms with Crippen molar-refractivity contribution in [2.75, 3.05) is 0 Å². The Morgan fingerprint density at radius 2 is 2.25 bits per heavy atom. The van der Waals surface area contributed by atoms with Crippen LogP contribution in [0.15, 0.2) is 0 Å². The van der Waals surface area contributed by atoms with Gasteiger partial charge < -0.3 is 0 Å². The predicted octanol–water partition coefficient (Wildman–Crippen LogP) is -0.779. The van der Waals surface area contributed by atoms with Gasteiger partial charge in [0.05, 0.1) is 0 Å². The van der Waals surface area contributed by atoms with E-state index in [1.165, 1.54) is 0 Å². The van der Waals surface area contributed by atoms with Gasteiger partial charge in [0.15, 0.2) is 0 Å². The van der Waals surface area contributed by atoms with Crippen molar-refractivity contribution in [3.05, 3.63) is 10.1 Å². The van der Waals surface area contributed by atoms with Crippen LogP contribution in [-0.2, 0) is 20.3 Å². The number of aliphatic carboxylic acids is 1. The van der Waals surface area contributed by atoms with Gasteiger partial charge in [-0.15, -0.1) is 0 Å². The van der Waals surface area contributed by atoms with Crippen LogP contribution in [0.5, 0.6) is 0 Å². The summed E-state index contributed by atoms with van der Waals surface area (Å²) < 4.78 is 0. The summed E-state index contributed by atoms with van der Waals surface area (Å²) in [6.45, 7) is 0. The van der Waals surface area contributed by atoms with Crippen LogP contribution in [0.1, 0.15) is 0 Å². The van der Waals surface area contributed by atoms with Crippen molar-refractivity contribution >= 4 is 5.97 Å². The molecule has 0 amide bonds. The SMILES string of the molecule is O=C(O)[CH]([Ni])[N+](=O)[O-]. The number of nitro groups is 1. The van der Waals surface area contributed by atoms with Crippen molar-refractivity contribution in [1.82, 2.24) is 0 Å². The average molecular weight is 163 g/mol. The Morgan fingerprint density at radius 1 is 1.88 bits per heavy atom. The molecule has 5 nitrogen and oxygen atoms in total. The van der Waals surface area contributed by atoms with Gasteiger partial charge in [0, 0.05) is 0 Å². The Labute approximate surface area is 52.2 Å². The summed E-state index contributed by atoms with van der Waals surface area (Å²) >= 11 is 3.60. The van der Waals surface area contributed by atoms with E-state index >= 15 is 0 Å². The van der Waals surface area contributed by atoms with Gasteiger partial charge in [-0.2, -0.15) is 0 Å². The monoisotopic (exact) mass is 162 g/mol. The maximum atomic E-state index is 9.61. The first-order chi connectivity index (χ1) is 3.55. The van der Waals surface area contributed by atoms with Crippen molar-refractivity contribution in [1.29, 1.82) is 0 Å². The molecule has 0 radical (unpaired) electrons. The molecule has 0 rings (SSSR count).